The summed E-state index contributed by atoms with van der Waals surface area (Å²) in [5.74, 6) is 0.971. The number of hydrogen-bond acceptors (Lipinski definition) is 5. The van der Waals surface area contributed by atoms with E-state index in [1.807, 2.05) is 6.92 Å². The molecule has 19 heavy (non-hydrogen) atoms. The third-order valence-corrected chi connectivity index (χ3v) is 2.56. The number of nitrogens with one attached hydrogen (secondary N) is 1. The van der Waals surface area contributed by atoms with Gasteiger partial charge in [0.25, 0.3) is 0 Å². The van der Waals surface area contributed by atoms with Gasteiger partial charge >= 0.3 is 6.01 Å². The number of aromatic nitrogens is 3. The van der Waals surface area contributed by atoms with Crippen molar-refractivity contribution in [3.63, 3.8) is 0 Å². The molecule has 0 aliphatic carbocycles. The molecule has 0 amide bonds. The first-order valence-electron chi connectivity index (χ1n) is 5.76. The molecule has 5 nitrogen and oxygen atoms in total. The predicted molar refractivity (Wildman–Crippen MR) is 75.1 cm³/mol. The minimum Gasteiger partial charge on any atom is -0.424 e. The fourth-order valence-corrected chi connectivity index (χ4v) is 1.58. The van der Waals surface area contributed by atoms with Crippen molar-refractivity contribution < 1.29 is 4.74 Å². The average molecular weight is 299 g/mol. The molecule has 0 aliphatic heterocycles. The first-order chi connectivity index (χ1) is 9.17. The van der Waals surface area contributed by atoms with E-state index in [0.29, 0.717) is 16.7 Å². The van der Waals surface area contributed by atoms with Crippen LogP contribution in [0.25, 0.3) is 0 Å². The molecule has 1 aromatic carbocycles. The quantitative estimate of drug-likeness (QED) is 0.910. The zero-order chi connectivity index (χ0) is 13.7. The molecule has 2 rings (SSSR count). The lowest BCUT2D eigenvalue weighted by Crippen LogP contribution is -2.06. The number of rotatable bonds is 5. The van der Waals surface area contributed by atoms with Crippen LogP contribution < -0.4 is 10.1 Å². The first-order valence-corrected chi connectivity index (χ1v) is 6.52. The Hall–Kier alpha value is -1.59. The Balaban J connectivity index is 2.15. The Morgan fingerprint density at radius 2 is 1.84 bits per heavy atom. The summed E-state index contributed by atoms with van der Waals surface area (Å²) in [6.07, 6.45) is 0.955. The van der Waals surface area contributed by atoms with E-state index in [1.165, 1.54) is 0 Å². The number of anilines is 1. The van der Waals surface area contributed by atoms with Crippen molar-refractivity contribution in [1.29, 1.82) is 0 Å². The maximum Gasteiger partial charge on any atom is 0.328 e. The van der Waals surface area contributed by atoms with E-state index in [2.05, 4.69) is 20.3 Å². The number of benzene rings is 1. The van der Waals surface area contributed by atoms with Gasteiger partial charge in [-0.1, -0.05) is 18.5 Å². The molecule has 2 aromatic rings. The third kappa shape index (κ3) is 4.22. The Morgan fingerprint density at radius 1 is 1.11 bits per heavy atom. The molecular weight excluding hydrogens is 287 g/mol. The average Bonchev–Trinajstić information content (AvgIpc) is 2.38. The Kier molecular flexibility index (Phi) is 4.76. The fraction of sp³-hybridized carbons (Fsp3) is 0.250. The van der Waals surface area contributed by atoms with Crippen LogP contribution in [0.2, 0.25) is 10.3 Å². The van der Waals surface area contributed by atoms with Gasteiger partial charge in [0.15, 0.2) is 0 Å². The van der Waals surface area contributed by atoms with Crippen LogP contribution in [0.15, 0.2) is 24.3 Å². The van der Waals surface area contributed by atoms with Gasteiger partial charge in [0.1, 0.15) is 5.75 Å². The number of halogens is 2. The van der Waals surface area contributed by atoms with Crippen LogP contribution in [0.4, 0.5) is 5.95 Å². The van der Waals surface area contributed by atoms with E-state index in [-0.39, 0.29) is 11.3 Å². The summed E-state index contributed by atoms with van der Waals surface area (Å²) in [6, 6.07) is 7.02. The lowest BCUT2D eigenvalue weighted by atomic mass is 10.3. The lowest BCUT2D eigenvalue weighted by Gasteiger charge is -2.06. The summed E-state index contributed by atoms with van der Waals surface area (Å²) in [7, 11) is 0. The van der Waals surface area contributed by atoms with Gasteiger partial charge < -0.3 is 10.1 Å². The van der Waals surface area contributed by atoms with Gasteiger partial charge in [-0.25, -0.2) is 0 Å². The van der Waals surface area contributed by atoms with Crippen LogP contribution in [0.5, 0.6) is 11.8 Å². The van der Waals surface area contributed by atoms with Crippen LogP contribution in [0, 0.1) is 0 Å². The second kappa shape index (κ2) is 6.54. The minimum atomic E-state index is 0.0811. The first kappa shape index (κ1) is 13.8. The highest BCUT2D eigenvalue weighted by molar-refractivity contribution is 6.30. The van der Waals surface area contributed by atoms with Crippen molar-refractivity contribution in [2.24, 2.45) is 0 Å². The topological polar surface area (TPSA) is 59.9 Å². The van der Waals surface area contributed by atoms with Crippen molar-refractivity contribution >= 4 is 29.2 Å². The van der Waals surface area contributed by atoms with Gasteiger partial charge in [-0.2, -0.15) is 15.0 Å². The molecule has 100 valence electrons. The zero-order valence-corrected chi connectivity index (χ0v) is 11.7. The van der Waals surface area contributed by atoms with Gasteiger partial charge in [0.05, 0.1) is 0 Å². The molecule has 1 N–H and O–H groups in total. The molecule has 0 atom stereocenters. The van der Waals surface area contributed by atoms with Crippen molar-refractivity contribution in [3.8, 4) is 11.8 Å². The molecule has 0 spiro atoms. The summed E-state index contributed by atoms with van der Waals surface area (Å²) in [4.78, 5) is 12.0. The SMILES string of the molecule is CCCNc1nc(Cl)nc(Oc2ccc(Cl)cc2)n1. The van der Waals surface area contributed by atoms with Gasteiger partial charge in [0, 0.05) is 11.6 Å². The molecule has 0 saturated heterocycles. The maximum atomic E-state index is 5.82. The Bertz CT molecular complexity index is 548. The van der Waals surface area contributed by atoms with Crippen molar-refractivity contribution in [2.75, 3.05) is 11.9 Å². The van der Waals surface area contributed by atoms with Crippen LogP contribution in [0.1, 0.15) is 13.3 Å². The van der Waals surface area contributed by atoms with Crippen LogP contribution >= 0.6 is 23.2 Å². The number of hydrogen-bond donors (Lipinski definition) is 1. The van der Waals surface area contributed by atoms with Gasteiger partial charge in [-0.05, 0) is 42.3 Å². The van der Waals surface area contributed by atoms with E-state index in [4.69, 9.17) is 27.9 Å². The van der Waals surface area contributed by atoms with E-state index in [1.54, 1.807) is 24.3 Å². The monoisotopic (exact) mass is 298 g/mol. The summed E-state index contributed by atoms with van der Waals surface area (Å²) >= 11 is 11.6. The standard InChI is InChI=1S/C12H12Cl2N4O/c1-2-7-15-11-16-10(14)17-12(18-11)19-9-5-3-8(13)4-6-9/h3-6H,2,7H2,1H3,(H,15,16,17,18). The highest BCUT2D eigenvalue weighted by Crippen LogP contribution is 2.21. The van der Waals surface area contributed by atoms with Crippen molar-refractivity contribution in [2.45, 2.75) is 13.3 Å². The summed E-state index contributed by atoms with van der Waals surface area (Å²) in [5, 5.41) is 3.73. The van der Waals surface area contributed by atoms with E-state index < -0.39 is 0 Å². The Morgan fingerprint density at radius 3 is 2.53 bits per heavy atom. The van der Waals surface area contributed by atoms with Gasteiger partial charge in [-0.3, -0.25) is 0 Å². The van der Waals surface area contributed by atoms with Crippen LogP contribution in [-0.2, 0) is 0 Å². The van der Waals surface area contributed by atoms with E-state index in [0.717, 1.165) is 13.0 Å². The zero-order valence-electron chi connectivity index (χ0n) is 10.2. The molecule has 1 heterocycles. The molecule has 7 heteroatoms. The largest absolute Gasteiger partial charge is 0.424 e. The molecule has 0 unspecified atom stereocenters. The van der Waals surface area contributed by atoms with E-state index >= 15 is 0 Å². The molecule has 1 aromatic heterocycles. The summed E-state index contributed by atoms with van der Waals surface area (Å²) in [6.45, 7) is 2.79. The summed E-state index contributed by atoms with van der Waals surface area (Å²) < 4.78 is 5.49. The highest BCUT2D eigenvalue weighted by atomic mass is 35.5. The predicted octanol–water partition coefficient (Wildman–Crippen LogP) is 3.79. The lowest BCUT2D eigenvalue weighted by molar-refractivity contribution is 0.440. The molecule has 0 aliphatic rings. The van der Waals surface area contributed by atoms with Gasteiger partial charge in [-0.15, -0.1) is 0 Å². The van der Waals surface area contributed by atoms with Crippen LogP contribution in [-0.4, -0.2) is 21.5 Å². The van der Waals surface area contributed by atoms with E-state index in [9.17, 15) is 0 Å². The minimum absolute atomic E-state index is 0.0811. The molecule has 0 fully saturated rings. The molecular formula is C12H12Cl2N4O. The third-order valence-electron chi connectivity index (χ3n) is 2.14. The maximum absolute atomic E-state index is 5.82. The van der Waals surface area contributed by atoms with Crippen molar-refractivity contribution in [3.05, 3.63) is 34.6 Å². The number of ether oxygens (including phenoxy) is 1. The van der Waals surface area contributed by atoms with Crippen LogP contribution in [0.3, 0.4) is 0 Å². The molecule has 0 saturated carbocycles. The van der Waals surface area contributed by atoms with Crippen molar-refractivity contribution in [1.82, 2.24) is 15.0 Å². The second-order valence-electron chi connectivity index (χ2n) is 3.69. The second-order valence-corrected chi connectivity index (χ2v) is 4.47. The summed E-state index contributed by atoms with van der Waals surface area (Å²) in [5.41, 5.74) is 0. The fourth-order valence-electron chi connectivity index (χ4n) is 1.30. The normalized spacial score (nSPS) is 10.3. The number of nitrogens with zero attached hydrogens (tertiary/aromatic N) is 3. The smallest absolute Gasteiger partial charge is 0.328 e. The van der Waals surface area contributed by atoms with Gasteiger partial charge in [0.2, 0.25) is 11.2 Å². The molecule has 0 radical (unpaired) electrons. The highest BCUT2D eigenvalue weighted by Gasteiger charge is 2.06. The molecule has 0 bridgehead atoms. The Labute approximate surface area is 121 Å².